The number of methoxy groups -OCH3 is 1. The first-order valence-electron chi connectivity index (χ1n) is 4.99. The lowest BCUT2D eigenvalue weighted by Crippen LogP contribution is -2.34. The van der Waals surface area contributed by atoms with E-state index < -0.39 is 6.10 Å². The van der Waals surface area contributed by atoms with E-state index in [4.69, 9.17) is 9.84 Å². The molecule has 0 aliphatic heterocycles. The highest BCUT2D eigenvalue weighted by molar-refractivity contribution is 5.89. The molecule has 5 nitrogen and oxygen atoms in total. The molecule has 1 aromatic rings. The van der Waals surface area contributed by atoms with E-state index in [1.54, 1.807) is 38.3 Å². The monoisotopic (exact) mass is 224 g/mol. The van der Waals surface area contributed by atoms with Crippen LogP contribution < -0.4 is 15.4 Å². The molecule has 1 aromatic carbocycles. The van der Waals surface area contributed by atoms with Crippen molar-refractivity contribution in [3.8, 4) is 5.75 Å². The minimum atomic E-state index is -0.554. The number of hydrogen-bond donors (Lipinski definition) is 3. The first-order chi connectivity index (χ1) is 7.61. The molecule has 0 spiro atoms. The van der Waals surface area contributed by atoms with Gasteiger partial charge < -0.3 is 20.5 Å². The zero-order valence-corrected chi connectivity index (χ0v) is 9.36. The van der Waals surface area contributed by atoms with Gasteiger partial charge in [0.15, 0.2) is 0 Å². The highest BCUT2D eigenvalue weighted by Gasteiger charge is 2.02. The predicted octanol–water partition coefficient (Wildman–Crippen LogP) is 1.20. The van der Waals surface area contributed by atoms with Crippen molar-refractivity contribution in [2.24, 2.45) is 0 Å². The maximum Gasteiger partial charge on any atom is 0.319 e. The van der Waals surface area contributed by atoms with E-state index in [0.717, 1.165) is 5.75 Å². The molecule has 1 atom stereocenters. The lowest BCUT2D eigenvalue weighted by Gasteiger charge is -2.09. The summed E-state index contributed by atoms with van der Waals surface area (Å²) in [5.74, 6) is 0.731. The van der Waals surface area contributed by atoms with Crippen molar-refractivity contribution in [1.82, 2.24) is 5.32 Å². The highest BCUT2D eigenvalue weighted by Crippen LogP contribution is 2.14. The Kier molecular flexibility index (Phi) is 4.60. The number of benzene rings is 1. The van der Waals surface area contributed by atoms with Crippen molar-refractivity contribution in [3.05, 3.63) is 24.3 Å². The van der Waals surface area contributed by atoms with Gasteiger partial charge in [0.1, 0.15) is 5.75 Å². The summed E-state index contributed by atoms with van der Waals surface area (Å²) in [5.41, 5.74) is 0.670. The van der Waals surface area contributed by atoms with Crippen LogP contribution in [0.25, 0.3) is 0 Å². The van der Waals surface area contributed by atoms with Gasteiger partial charge in [0, 0.05) is 12.2 Å². The summed E-state index contributed by atoms with van der Waals surface area (Å²) in [6, 6.07) is 6.64. The Bertz CT molecular complexity index is 336. The van der Waals surface area contributed by atoms with E-state index in [-0.39, 0.29) is 12.6 Å². The lowest BCUT2D eigenvalue weighted by molar-refractivity contribution is 0.190. The van der Waals surface area contributed by atoms with Gasteiger partial charge in [-0.15, -0.1) is 0 Å². The zero-order chi connectivity index (χ0) is 12.0. The summed E-state index contributed by atoms with van der Waals surface area (Å²) in [5, 5.41) is 14.1. The number of aliphatic hydroxyl groups excluding tert-OH is 1. The molecule has 0 radical (unpaired) electrons. The highest BCUT2D eigenvalue weighted by atomic mass is 16.5. The van der Waals surface area contributed by atoms with Crippen LogP contribution in [-0.4, -0.2) is 30.9 Å². The summed E-state index contributed by atoms with van der Waals surface area (Å²) < 4.78 is 4.99. The van der Waals surface area contributed by atoms with Crippen molar-refractivity contribution in [1.29, 1.82) is 0 Å². The van der Waals surface area contributed by atoms with Crippen LogP contribution in [0.2, 0.25) is 0 Å². The minimum Gasteiger partial charge on any atom is -0.497 e. The van der Waals surface area contributed by atoms with Crippen LogP contribution in [-0.2, 0) is 0 Å². The van der Waals surface area contributed by atoms with Crippen molar-refractivity contribution in [2.45, 2.75) is 13.0 Å². The van der Waals surface area contributed by atoms with Gasteiger partial charge in [-0.3, -0.25) is 0 Å². The Morgan fingerprint density at radius 3 is 2.56 bits per heavy atom. The first-order valence-corrected chi connectivity index (χ1v) is 4.99. The van der Waals surface area contributed by atoms with E-state index >= 15 is 0 Å². The van der Waals surface area contributed by atoms with Crippen LogP contribution in [0.4, 0.5) is 10.5 Å². The van der Waals surface area contributed by atoms with Gasteiger partial charge in [-0.1, -0.05) is 0 Å². The quantitative estimate of drug-likeness (QED) is 0.719. The largest absolute Gasteiger partial charge is 0.497 e. The zero-order valence-electron chi connectivity index (χ0n) is 9.36. The smallest absolute Gasteiger partial charge is 0.319 e. The molecule has 1 rings (SSSR count). The molecule has 3 N–H and O–H groups in total. The maximum absolute atomic E-state index is 11.3. The molecule has 0 saturated heterocycles. The molecule has 0 aliphatic rings. The van der Waals surface area contributed by atoms with Crippen LogP contribution in [0.1, 0.15) is 6.92 Å². The van der Waals surface area contributed by atoms with Gasteiger partial charge >= 0.3 is 6.03 Å². The fraction of sp³-hybridized carbons (Fsp3) is 0.364. The van der Waals surface area contributed by atoms with Crippen LogP contribution in [0.3, 0.4) is 0 Å². The number of aliphatic hydroxyl groups is 1. The van der Waals surface area contributed by atoms with Gasteiger partial charge in [0.05, 0.1) is 13.2 Å². The Morgan fingerprint density at radius 2 is 2.06 bits per heavy atom. The van der Waals surface area contributed by atoms with Gasteiger partial charge in [-0.2, -0.15) is 0 Å². The third-order valence-corrected chi connectivity index (χ3v) is 1.91. The molecule has 2 amide bonds. The van der Waals surface area contributed by atoms with Crippen molar-refractivity contribution >= 4 is 11.7 Å². The SMILES string of the molecule is COc1ccc(NC(=O)NC[C@H](C)O)cc1. The van der Waals surface area contributed by atoms with Crippen LogP contribution >= 0.6 is 0 Å². The predicted molar refractivity (Wildman–Crippen MR) is 61.7 cm³/mol. The molecule has 0 aromatic heterocycles. The molecule has 0 heterocycles. The number of amides is 2. The molecule has 5 heteroatoms. The average molecular weight is 224 g/mol. The summed E-state index contributed by atoms with van der Waals surface area (Å²) in [6.07, 6.45) is -0.554. The van der Waals surface area contributed by atoms with Crippen LogP contribution in [0.15, 0.2) is 24.3 Å². The topological polar surface area (TPSA) is 70.6 Å². The Hall–Kier alpha value is -1.75. The Labute approximate surface area is 94.4 Å². The lowest BCUT2D eigenvalue weighted by atomic mass is 10.3. The molecule has 0 aliphatic carbocycles. The number of carbonyl (C=O) groups is 1. The van der Waals surface area contributed by atoms with Crippen molar-refractivity contribution in [3.63, 3.8) is 0 Å². The van der Waals surface area contributed by atoms with E-state index in [2.05, 4.69) is 10.6 Å². The van der Waals surface area contributed by atoms with Gasteiger partial charge in [0.25, 0.3) is 0 Å². The number of urea groups is 1. The van der Waals surface area contributed by atoms with Crippen LogP contribution in [0.5, 0.6) is 5.75 Å². The first kappa shape index (κ1) is 12.3. The molecule has 0 bridgehead atoms. The van der Waals surface area contributed by atoms with Gasteiger partial charge in [0.2, 0.25) is 0 Å². The second-order valence-electron chi connectivity index (χ2n) is 3.41. The molecule has 16 heavy (non-hydrogen) atoms. The van der Waals surface area contributed by atoms with Crippen molar-refractivity contribution < 1.29 is 14.6 Å². The van der Waals surface area contributed by atoms with E-state index in [1.165, 1.54) is 0 Å². The number of ether oxygens (including phenoxy) is 1. The molecular weight excluding hydrogens is 208 g/mol. The molecule has 0 fully saturated rings. The van der Waals surface area contributed by atoms with Crippen LogP contribution in [0, 0.1) is 0 Å². The summed E-state index contributed by atoms with van der Waals surface area (Å²) in [6.45, 7) is 1.83. The average Bonchev–Trinajstić information content (AvgIpc) is 2.27. The number of nitrogens with one attached hydrogen (secondary N) is 2. The van der Waals surface area contributed by atoms with Crippen molar-refractivity contribution in [2.75, 3.05) is 19.0 Å². The second kappa shape index (κ2) is 5.97. The fourth-order valence-electron chi connectivity index (χ4n) is 1.09. The molecule has 88 valence electrons. The molecule has 0 saturated carbocycles. The fourth-order valence-corrected chi connectivity index (χ4v) is 1.09. The number of rotatable bonds is 4. The van der Waals surface area contributed by atoms with E-state index in [1.807, 2.05) is 0 Å². The van der Waals surface area contributed by atoms with Gasteiger partial charge in [-0.05, 0) is 31.2 Å². The summed E-state index contributed by atoms with van der Waals surface area (Å²) in [4.78, 5) is 11.3. The third-order valence-electron chi connectivity index (χ3n) is 1.91. The molecule has 0 unspecified atom stereocenters. The number of carbonyl (C=O) groups excluding carboxylic acids is 1. The molecular formula is C11H16N2O3. The van der Waals surface area contributed by atoms with Gasteiger partial charge in [-0.25, -0.2) is 4.79 Å². The maximum atomic E-state index is 11.3. The number of anilines is 1. The second-order valence-corrected chi connectivity index (χ2v) is 3.41. The summed E-state index contributed by atoms with van der Waals surface area (Å²) in [7, 11) is 1.58. The summed E-state index contributed by atoms with van der Waals surface area (Å²) >= 11 is 0. The Morgan fingerprint density at radius 1 is 1.44 bits per heavy atom. The Balaban J connectivity index is 2.43. The minimum absolute atomic E-state index is 0.224. The van der Waals surface area contributed by atoms with E-state index in [0.29, 0.717) is 5.69 Å². The normalized spacial score (nSPS) is 11.7. The van der Waals surface area contributed by atoms with E-state index in [9.17, 15) is 4.79 Å². The standard InChI is InChI=1S/C11H16N2O3/c1-8(14)7-12-11(15)13-9-3-5-10(16-2)6-4-9/h3-6,8,14H,7H2,1-2H3,(H2,12,13,15)/t8-/m0/s1. The number of hydrogen-bond acceptors (Lipinski definition) is 3. The third kappa shape index (κ3) is 4.18.